The molecule has 0 saturated heterocycles. The SMILES string of the molecule is CN(CCn1cc(C(=O)O)nn1)Cc1cccc(C#N)c1. The van der Waals surface area contributed by atoms with Crippen LogP contribution >= 0.6 is 0 Å². The predicted molar refractivity (Wildman–Crippen MR) is 74.5 cm³/mol. The Morgan fingerprint density at radius 2 is 2.33 bits per heavy atom. The molecule has 7 nitrogen and oxygen atoms in total. The third kappa shape index (κ3) is 4.12. The highest BCUT2D eigenvalue weighted by atomic mass is 16.4. The van der Waals surface area contributed by atoms with E-state index in [0.29, 0.717) is 25.2 Å². The highest BCUT2D eigenvalue weighted by molar-refractivity contribution is 5.84. The van der Waals surface area contributed by atoms with Crippen LogP contribution in [0.4, 0.5) is 0 Å². The van der Waals surface area contributed by atoms with Gasteiger partial charge in [0.2, 0.25) is 0 Å². The monoisotopic (exact) mass is 285 g/mol. The molecule has 0 aliphatic rings. The Labute approximate surface area is 122 Å². The van der Waals surface area contributed by atoms with Crippen molar-refractivity contribution in [2.75, 3.05) is 13.6 Å². The van der Waals surface area contributed by atoms with Crippen molar-refractivity contribution in [3.8, 4) is 6.07 Å². The van der Waals surface area contributed by atoms with Crippen LogP contribution in [-0.4, -0.2) is 44.6 Å². The van der Waals surface area contributed by atoms with Crippen molar-refractivity contribution in [2.45, 2.75) is 13.1 Å². The fraction of sp³-hybridized carbons (Fsp3) is 0.286. The summed E-state index contributed by atoms with van der Waals surface area (Å²) in [4.78, 5) is 12.8. The first-order valence-electron chi connectivity index (χ1n) is 6.39. The third-order valence-corrected chi connectivity index (χ3v) is 2.98. The lowest BCUT2D eigenvalue weighted by molar-refractivity contribution is 0.0690. The zero-order chi connectivity index (χ0) is 15.2. The van der Waals surface area contributed by atoms with Crippen molar-refractivity contribution in [1.82, 2.24) is 19.9 Å². The van der Waals surface area contributed by atoms with Gasteiger partial charge in [0, 0.05) is 13.1 Å². The molecule has 0 aliphatic heterocycles. The van der Waals surface area contributed by atoms with E-state index >= 15 is 0 Å². The zero-order valence-corrected chi connectivity index (χ0v) is 11.6. The van der Waals surface area contributed by atoms with Crippen LogP contribution in [0.3, 0.4) is 0 Å². The minimum atomic E-state index is -1.08. The number of likely N-dealkylation sites (N-methyl/N-ethyl adjacent to an activating group) is 1. The second-order valence-electron chi connectivity index (χ2n) is 4.72. The fourth-order valence-corrected chi connectivity index (χ4v) is 1.91. The Bertz CT molecular complexity index is 674. The van der Waals surface area contributed by atoms with Gasteiger partial charge < -0.3 is 10.0 Å². The van der Waals surface area contributed by atoms with E-state index < -0.39 is 5.97 Å². The molecule has 0 spiro atoms. The van der Waals surface area contributed by atoms with Crippen LogP contribution in [0.1, 0.15) is 21.6 Å². The zero-order valence-electron chi connectivity index (χ0n) is 11.6. The second-order valence-corrected chi connectivity index (χ2v) is 4.72. The Morgan fingerprint density at radius 1 is 1.52 bits per heavy atom. The number of aromatic carboxylic acids is 1. The van der Waals surface area contributed by atoms with E-state index in [4.69, 9.17) is 10.4 Å². The van der Waals surface area contributed by atoms with Gasteiger partial charge >= 0.3 is 5.97 Å². The Hall–Kier alpha value is -2.72. The molecule has 0 unspecified atom stereocenters. The molecule has 1 N–H and O–H groups in total. The first kappa shape index (κ1) is 14.7. The molecule has 0 aliphatic carbocycles. The van der Waals surface area contributed by atoms with Gasteiger partial charge in [-0.1, -0.05) is 17.3 Å². The number of rotatable bonds is 6. The van der Waals surface area contributed by atoms with Crippen LogP contribution in [0.2, 0.25) is 0 Å². The third-order valence-electron chi connectivity index (χ3n) is 2.98. The summed E-state index contributed by atoms with van der Waals surface area (Å²) in [6.45, 7) is 1.95. The molecular formula is C14H15N5O2. The number of carbonyl (C=O) groups is 1. The second kappa shape index (κ2) is 6.63. The predicted octanol–water partition coefficient (Wildman–Crippen LogP) is 0.980. The van der Waals surface area contributed by atoms with Gasteiger partial charge in [0.1, 0.15) is 0 Å². The fourth-order valence-electron chi connectivity index (χ4n) is 1.91. The van der Waals surface area contributed by atoms with Crippen molar-refractivity contribution in [1.29, 1.82) is 5.26 Å². The highest BCUT2D eigenvalue weighted by Gasteiger charge is 2.08. The molecular weight excluding hydrogens is 270 g/mol. The Balaban J connectivity index is 1.88. The summed E-state index contributed by atoms with van der Waals surface area (Å²) in [5.41, 5.74) is 1.64. The maximum Gasteiger partial charge on any atom is 0.358 e. The van der Waals surface area contributed by atoms with Gasteiger partial charge in [0.15, 0.2) is 5.69 Å². The number of hydrogen-bond donors (Lipinski definition) is 1. The van der Waals surface area contributed by atoms with Crippen LogP contribution in [-0.2, 0) is 13.1 Å². The topological polar surface area (TPSA) is 95.0 Å². The number of nitriles is 1. The van der Waals surface area contributed by atoms with Crippen molar-refractivity contribution in [3.05, 3.63) is 47.3 Å². The summed E-state index contributed by atoms with van der Waals surface area (Å²) in [6.07, 6.45) is 1.41. The van der Waals surface area contributed by atoms with Gasteiger partial charge in [-0.15, -0.1) is 5.10 Å². The van der Waals surface area contributed by atoms with Gasteiger partial charge in [0.05, 0.1) is 24.4 Å². The van der Waals surface area contributed by atoms with E-state index in [0.717, 1.165) is 5.56 Å². The molecule has 21 heavy (non-hydrogen) atoms. The first-order chi connectivity index (χ1) is 10.1. The van der Waals surface area contributed by atoms with Crippen LogP contribution < -0.4 is 0 Å². The Morgan fingerprint density at radius 3 is 3.00 bits per heavy atom. The van der Waals surface area contributed by atoms with Crippen LogP contribution in [0.25, 0.3) is 0 Å². The molecule has 0 amide bonds. The number of hydrogen-bond acceptors (Lipinski definition) is 5. The first-order valence-corrected chi connectivity index (χ1v) is 6.39. The molecule has 0 bridgehead atoms. The quantitative estimate of drug-likeness (QED) is 0.850. The minimum Gasteiger partial charge on any atom is -0.476 e. The standard InChI is InChI=1S/C14H15N5O2/c1-18(9-12-4-2-3-11(7-12)8-15)5-6-19-10-13(14(20)21)16-17-19/h2-4,7,10H,5-6,9H2,1H3,(H,20,21). The summed E-state index contributed by atoms with van der Waals surface area (Å²) >= 11 is 0. The molecule has 7 heteroatoms. The van der Waals surface area contributed by atoms with E-state index in [2.05, 4.69) is 21.3 Å². The smallest absolute Gasteiger partial charge is 0.358 e. The normalized spacial score (nSPS) is 10.5. The maximum atomic E-state index is 10.7. The Kier molecular flexibility index (Phi) is 4.64. The van der Waals surface area contributed by atoms with Gasteiger partial charge in [-0.05, 0) is 24.7 Å². The molecule has 108 valence electrons. The van der Waals surface area contributed by atoms with Crippen molar-refractivity contribution in [2.24, 2.45) is 0 Å². The summed E-state index contributed by atoms with van der Waals surface area (Å²) in [5.74, 6) is -1.08. The lowest BCUT2D eigenvalue weighted by atomic mass is 10.1. The van der Waals surface area contributed by atoms with E-state index in [1.807, 2.05) is 25.2 Å². The van der Waals surface area contributed by atoms with Crippen LogP contribution in [0.15, 0.2) is 30.5 Å². The lowest BCUT2D eigenvalue weighted by Crippen LogP contribution is -2.23. The van der Waals surface area contributed by atoms with Crippen molar-refractivity contribution in [3.63, 3.8) is 0 Å². The maximum absolute atomic E-state index is 10.7. The lowest BCUT2D eigenvalue weighted by Gasteiger charge is -2.16. The van der Waals surface area contributed by atoms with Crippen LogP contribution in [0, 0.1) is 11.3 Å². The van der Waals surface area contributed by atoms with E-state index in [1.54, 1.807) is 6.07 Å². The van der Waals surface area contributed by atoms with Gasteiger partial charge in [-0.3, -0.25) is 4.68 Å². The number of nitrogens with zero attached hydrogens (tertiary/aromatic N) is 5. The van der Waals surface area contributed by atoms with Crippen molar-refractivity contribution < 1.29 is 9.90 Å². The van der Waals surface area contributed by atoms with Crippen LogP contribution in [0.5, 0.6) is 0 Å². The van der Waals surface area contributed by atoms with E-state index in [-0.39, 0.29) is 5.69 Å². The van der Waals surface area contributed by atoms with Gasteiger partial charge in [-0.2, -0.15) is 5.26 Å². The van der Waals surface area contributed by atoms with Gasteiger partial charge in [-0.25, -0.2) is 4.79 Å². The molecule has 2 rings (SSSR count). The number of benzene rings is 1. The molecule has 0 saturated carbocycles. The average Bonchev–Trinajstić information content (AvgIpc) is 2.94. The molecule has 0 radical (unpaired) electrons. The molecule has 1 aromatic carbocycles. The van der Waals surface area contributed by atoms with E-state index in [1.165, 1.54) is 10.9 Å². The average molecular weight is 285 g/mol. The summed E-state index contributed by atoms with van der Waals surface area (Å²) < 4.78 is 1.51. The summed E-state index contributed by atoms with van der Waals surface area (Å²) in [6, 6.07) is 9.57. The van der Waals surface area contributed by atoms with Gasteiger partial charge in [0.25, 0.3) is 0 Å². The van der Waals surface area contributed by atoms with E-state index in [9.17, 15) is 4.79 Å². The molecule has 0 atom stereocenters. The summed E-state index contributed by atoms with van der Waals surface area (Å²) in [7, 11) is 1.95. The highest BCUT2D eigenvalue weighted by Crippen LogP contribution is 2.06. The number of carboxylic acid groups (broad SMARTS) is 1. The largest absolute Gasteiger partial charge is 0.476 e. The summed E-state index contributed by atoms with van der Waals surface area (Å²) in [5, 5.41) is 25.0. The molecule has 2 aromatic rings. The van der Waals surface area contributed by atoms with Crippen molar-refractivity contribution >= 4 is 5.97 Å². The minimum absolute atomic E-state index is 0.0561. The molecule has 0 fully saturated rings. The molecule has 1 aromatic heterocycles. The number of aromatic nitrogens is 3. The number of carboxylic acids is 1. The molecule has 1 heterocycles.